The van der Waals surface area contributed by atoms with Crippen LogP contribution in [0.4, 0.5) is 5.82 Å². The second-order valence-corrected chi connectivity index (χ2v) is 7.14. The number of H-pyrrole nitrogens is 1. The fourth-order valence-electron chi connectivity index (χ4n) is 4.20. The molecule has 0 saturated heterocycles. The first kappa shape index (κ1) is 15.8. The second-order valence-electron chi connectivity index (χ2n) is 7.14. The predicted octanol–water partition coefficient (Wildman–Crippen LogP) is 2.87. The Bertz CT molecular complexity index is 1150. The van der Waals surface area contributed by atoms with Crippen LogP contribution < -0.4 is 5.32 Å². The number of rotatable bonds is 3. The minimum atomic E-state index is 0.307. The van der Waals surface area contributed by atoms with Crippen molar-refractivity contribution < 1.29 is 0 Å². The molecule has 0 unspecified atom stereocenters. The van der Waals surface area contributed by atoms with E-state index in [9.17, 15) is 0 Å². The predicted molar refractivity (Wildman–Crippen MR) is 100 cm³/mol. The summed E-state index contributed by atoms with van der Waals surface area (Å²) in [6, 6.07) is 4.34. The summed E-state index contributed by atoms with van der Waals surface area (Å²) in [5.41, 5.74) is 4.35. The highest BCUT2D eigenvalue weighted by Crippen LogP contribution is 2.41. The van der Waals surface area contributed by atoms with Gasteiger partial charge in [-0.3, -0.25) is 4.40 Å². The Kier molecular flexibility index (Phi) is 3.53. The number of nitrogens with zero attached hydrogens (tertiary/aromatic N) is 6. The van der Waals surface area contributed by atoms with E-state index < -0.39 is 0 Å². The van der Waals surface area contributed by atoms with Gasteiger partial charge in [0.1, 0.15) is 11.9 Å². The van der Waals surface area contributed by atoms with Gasteiger partial charge >= 0.3 is 0 Å². The number of hydrogen-bond acceptors (Lipinski definition) is 6. The van der Waals surface area contributed by atoms with E-state index in [4.69, 9.17) is 5.26 Å². The summed E-state index contributed by atoms with van der Waals surface area (Å²) >= 11 is 0. The molecule has 0 bridgehead atoms. The number of aromatic nitrogens is 6. The van der Waals surface area contributed by atoms with Crippen molar-refractivity contribution in [3.8, 4) is 6.07 Å². The molecule has 1 aliphatic carbocycles. The van der Waals surface area contributed by atoms with Crippen molar-refractivity contribution in [1.82, 2.24) is 29.3 Å². The number of nitrogens with one attached hydrogen (secondary N) is 2. The highest BCUT2D eigenvalue weighted by Gasteiger charge is 2.34. The third-order valence-electron chi connectivity index (χ3n) is 5.45. The van der Waals surface area contributed by atoms with Crippen LogP contribution >= 0.6 is 0 Å². The summed E-state index contributed by atoms with van der Waals surface area (Å²) in [7, 11) is 0. The lowest BCUT2D eigenvalue weighted by atomic mass is 9.95. The lowest BCUT2D eigenvalue weighted by molar-refractivity contribution is 0.520. The zero-order valence-corrected chi connectivity index (χ0v) is 14.8. The minimum Gasteiger partial charge on any atom is -0.366 e. The molecule has 4 heterocycles. The summed E-state index contributed by atoms with van der Waals surface area (Å²) in [6.45, 7) is 2.28. The minimum absolute atomic E-state index is 0.307. The van der Waals surface area contributed by atoms with Crippen LogP contribution in [0.2, 0.25) is 0 Å². The van der Waals surface area contributed by atoms with Crippen molar-refractivity contribution in [3.05, 3.63) is 48.4 Å². The van der Waals surface area contributed by atoms with Gasteiger partial charge in [-0.15, -0.1) is 0 Å². The highest BCUT2D eigenvalue weighted by atomic mass is 15.1. The van der Waals surface area contributed by atoms with Crippen LogP contribution in [0.25, 0.3) is 16.8 Å². The van der Waals surface area contributed by atoms with Gasteiger partial charge in [0.15, 0.2) is 17.0 Å². The number of anilines is 1. The Morgan fingerprint density at radius 3 is 2.89 bits per heavy atom. The third kappa shape index (κ3) is 2.59. The van der Waals surface area contributed by atoms with Crippen LogP contribution in [0, 0.1) is 17.2 Å². The van der Waals surface area contributed by atoms with Gasteiger partial charge in [0.05, 0.1) is 24.1 Å². The topological polar surface area (TPSA) is 108 Å². The third-order valence-corrected chi connectivity index (χ3v) is 5.45. The van der Waals surface area contributed by atoms with E-state index >= 15 is 0 Å². The average Bonchev–Trinajstić information content (AvgIpc) is 3.39. The maximum Gasteiger partial charge on any atom is 0.158 e. The largest absolute Gasteiger partial charge is 0.366 e. The maximum atomic E-state index is 8.85. The molecule has 3 atom stereocenters. The van der Waals surface area contributed by atoms with Crippen molar-refractivity contribution >= 4 is 22.6 Å². The number of imidazole rings is 1. The van der Waals surface area contributed by atoms with Crippen molar-refractivity contribution in [3.63, 3.8) is 0 Å². The van der Waals surface area contributed by atoms with Crippen LogP contribution in [0.5, 0.6) is 0 Å². The second kappa shape index (κ2) is 6.06. The van der Waals surface area contributed by atoms with E-state index in [1.807, 2.05) is 30.7 Å². The molecular formula is C19H18N8. The van der Waals surface area contributed by atoms with Gasteiger partial charge in [0, 0.05) is 30.0 Å². The number of aromatic amines is 1. The maximum absolute atomic E-state index is 8.85. The van der Waals surface area contributed by atoms with Crippen LogP contribution in [0.1, 0.15) is 37.1 Å². The molecule has 0 aromatic carbocycles. The van der Waals surface area contributed by atoms with Crippen molar-refractivity contribution in [2.75, 3.05) is 5.32 Å². The molecule has 8 heteroatoms. The van der Waals surface area contributed by atoms with E-state index in [0.29, 0.717) is 29.4 Å². The van der Waals surface area contributed by atoms with Gasteiger partial charge in [-0.2, -0.15) is 5.26 Å². The van der Waals surface area contributed by atoms with E-state index in [-0.39, 0.29) is 0 Å². The first-order valence-corrected chi connectivity index (χ1v) is 9.01. The molecule has 0 aliphatic heterocycles. The van der Waals surface area contributed by atoms with E-state index in [1.165, 1.54) is 11.9 Å². The molecule has 2 N–H and O–H groups in total. The molecule has 27 heavy (non-hydrogen) atoms. The summed E-state index contributed by atoms with van der Waals surface area (Å²) < 4.78 is 2.21. The molecule has 134 valence electrons. The lowest BCUT2D eigenvalue weighted by Crippen LogP contribution is -2.16. The Hall–Kier alpha value is -3.47. The van der Waals surface area contributed by atoms with E-state index in [1.54, 1.807) is 6.20 Å². The van der Waals surface area contributed by atoms with E-state index in [0.717, 1.165) is 29.7 Å². The Morgan fingerprint density at radius 2 is 2.07 bits per heavy atom. The molecule has 0 spiro atoms. The first-order valence-electron chi connectivity index (χ1n) is 9.01. The van der Waals surface area contributed by atoms with Crippen LogP contribution in [-0.4, -0.2) is 35.4 Å². The molecule has 1 aliphatic rings. The molecule has 4 aromatic rings. The zero-order valence-electron chi connectivity index (χ0n) is 14.8. The van der Waals surface area contributed by atoms with Crippen LogP contribution in [0.15, 0.2) is 37.1 Å². The molecule has 0 radical (unpaired) electrons. The fourth-order valence-corrected chi connectivity index (χ4v) is 4.20. The smallest absolute Gasteiger partial charge is 0.158 e. The van der Waals surface area contributed by atoms with E-state index in [2.05, 4.69) is 41.6 Å². The lowest BCUT2D eigenvalue weighted by Gasteiger charge is -2.15. The molecular weight excluding hydrogens is 340 g/mol. The standard InChI is InChI=1S/C19H18N8/c1-11-4-12(26-17-9-22-13(6-20)7-23-17)5-14(11)16-8-24-18-10-25-19-15(27(16)18)2-3-21-19/h2-3,7-12,14,21H,4-5H2,1H3,(H,23,26)/t11-,12+,14+/m0/s1. The molecule has 1 saturated carbocycles. The highest BCUT2D eigenvalue weighted by molar-refractivity contribution is 5.74. The first-order chi connectivity index (χ1) is 13.2. The molecule has 0 amide bonds. The number of nitriles is 1. The summed E-state index contributed by atoms with van der Waals surface area (Å²) in [5, 5.41) is 12.3. The van der Waals surface area contributed by atoms with Crippen molar-refractivity contribution in [2.24, 2.45) is 5.92 Å². The average molecular weight is 358 g/mol. The summed E-state index contributed by atoms with van der Waals surface area (Å²) in [6.07, 6.45) is 10.9. The van der Waals surface area contributed by atoms with Crippen molar-refractivity contribution in [1.29, 1.82) is 5.26 Å². The van der Waals surface area contributed by atoms with Gasteiger partial charge in [-0.05, 0) is 24.8 Å². The molecule has 1 fully saturated rings. The Morgan fingerprint density at radius 1 is 1.15 bits per heavy atom. The Balaban J connectivity index is 1.43. The number of fused-ring (bicyclic) bond motifs is 3. The van der Waals surface area contributed by atoms with Crippen LogP contribution in [0.3, 0.4) is 0 Å². The quantitative estimate of drug-likeness (QED) is 0.583. The van der Waals surface area contributed by atoms with Gasteiger partial charge in [-0.25, -0.2) is 19.9 Å². The summed E-state index contributed by atoms with van der Waals surface area (Å²) in [4.78, 5) is 20.5. The molecule has 4 aromatic heterocycles. The van der Waals surface area contributed by atoms with Gasteiger partial charge in [0.25, 0.3) is 0 Å². The van der Waals surface area contributed by atoms with Gasteiger partial charge in [-0.1, -0.05) is 6.92 Å². The SMILES string of the molecule is C[C@H]1C[C@@H](Nc2cnc(C#N)cn2)C[C@H]1c1cnc2cnc3[nH]ccc3n12. The van der Waals surface area contributed by atoms with Crippen molar-refractivity contribution in [2.45, 2.75) is 31.7 Å². The monoisotopic (exact) mass is 358 g/mol. The van der Waals surface area contributed by atoms with Crippen LogP contribution in [-0.2, 0) is 0 Å². The molecule has 5 rings (SSSR count). The van der Waals surface area contributed by atoms with Gasteiger partial charge in [0.2, 0.25) is 0 Å². The Labute approximate surface area is 155 Å². The van der Waals surface area contributed by atoms with Gasteiger partial charge < -0.3 is 10.3 Å². The zero-order chi connectivity index (χ0) is 18.4. The number of hydrogen-bond donors (Lipinski definition) is 2. The normalized spacial score (nSPS) is 22.3. The summed E-state index contributed by atoms with van der Waals surface area (Å²) in [5.74, 6) is 1.61. The molecule has 8 nitrogen and oxygen atoms in total. The fraction of sp³-hybridized carbons (Fsp3) is 0.316.